The molecule has 19 heavy (non-hydrogen) atoms. The van der Waals surface area contributed by atoms with Crippen LogP contribution in [0, 0.1) is 13.8 Å². The molecule has 0 saturated heterocycles. The third-order valence-corrected chi connectivity index (χ3v) is 2.70. The number of carbonyl (C=O) groups excluding carboxylic acids is 1. The van der Waals surface area contributed by atoms with Crippen LogP contribution in [-0.4, -0.2) is 17.1 Å². The second-order valence-corrected chi connectivity index (χ2v) is 4.55. The standard InChI is InChI=1S/C14H17N3O2/c1-9-4-6-12(7-5-9)15-11(3)14(18)16-13-8-10(2)17-19-13/h4-8,11,15H,1-3H3,(H,16,18)/t11-/m0/s1. The number of hydrogen-bond donors (Lipinski definition) is 2. The molecule has 0 aliphatic rings. The van der Waals surface area contributed by atoms with Gasteiger partial charge in [0.2, 0.25) is 11.8 Å². The Hall–Kier alpha value is -2.30. The zero-order valence-corrected chi connectivity index (χ0v) is 11.2. The van der Waals surface area contributed by atoms with E-state index >= 15 is 0 Å². The number of hydrogen-bond acceptors (Lipinski definition) is 4. The molecule has 1 aromatic carbocycles. The quantitative estimate of drug-likeness (QED) is 0.886. The van der Waals surface area contributed by atoms with Crippen molar-refractivity contribution >= 4 is 17.5 Å². The maximum absolute atomic E-state index is 11.9. The fourth-order valence-corrected chi connectivity index (χ4v) is 1.62. The maximum Gasteiger partial charge on any atom is 0.248 e. The van der Waals surface area contributed by atoms with Crippen LogP contribution in [0.3, 0.4) is 0 Å². The van der Waals surface area contributed by atoms with Crippen molar-refractivity contribution in [3.63, 3.8) is 0 Å². The highest BCUT2D eigenvalue weighted by molar-refractivity contribution is 5.95. The molecule has 0 spiro atoms. The summed E-state index contributed by atoms with van der Waals surface area (Å²) < 4.78 is 4.94. The molecule has 1 amide bonds. The summed E-state index contributed by atoms with van der Waals surface area (Å²) in [6, 6.07) is 9.18. The molecular weight excluding hydrogens is 242 g/mol. The fourth-order valence-electron chi connectivity index (χ4n) is 1.62. The van der Waals surface area contributed by atoms with E-state index in [1.54, 1.807) is 19.9 Å². The first-order valence-electron chi connectivity index (χ1n) is 6.12. The molecule has 5 heteroatoms. The van der Waals surface area contributed by atoms with Gasteiger partial charge in [0.15, 0.2) is 0 Å². The van der Waals surface area contributed by atoms with Gasteiger partial charge in [0.1, 0.15) is 6.04 Å². The van der Waals surface area contributed by atoms with Crippen molar-refractivity contribution in [1.82, 2.24) is 5.16 Å². The lowest BCUT2D eigenvalue weighted by Gasteiger charge is -2.14. The van der Waals surface area contributed by atoms with Gasteiger partial charge in [-0.2, -0.15) is 0 Å². The average molecular weight is 259 g/mol. The summed E-state index contributed by atoms with van der Waals surface area (Å²) in [5.74, 6) is 0.191. The van der Waals surface area contributed by atoms with E-state index in [0.717, 1.165) is 11.4 Å². The van der Waals surface area contributed by atoms with Crippen molar-refractivity contribution in [1.29, 1.82) is 0 Å². The summed E-state index contributed by atoms with van der Waals surface area (Å²) in [5, 5.41) is 9.50. The van der Waals surface area contributed by atoms with Gasteiger partial charge in [-0.1, -0.05) is 22.9 Å². The van der Waals surface area contributed by atoms with Crippen molar-refractivity contribution < 1.29 is 9.32 Å². The van der Waals surface area contributed by atoms with Crippen LogP contribution in [0.5, 0.6) is 0 Å². The minimum atomic E-state index is -0.367. The van der Waals surface area contributed by atoms with Crippen LogP contribution in [-0.2, 0) is 4.79 Å². The molecule has 1 heterocycles. The van der Waals surface area contributed by atoms with Gasteiger partial charge in [-0.3, -0.25) is 10.1 Å². The van der Waals surface area contributed by atoms with E-state index < -0.39 is 0 Å². The van der Waals surface area contributed by atoms with Crippen LogP contribution >= 0.6 is 0 Å². The summed E-state index contributed by atoms with van der Waals surface area (Å²) in [7, 11) is 0. The molecule has 2 aromatic rings. The highest BCUT2D eigenvalue weighted by atomic mass is 16.5. The number of nitrogens with one attached hydrogen (secondary N) is 2. The first-order chi connectivity index (χ1) is 9.04. The van der Waals surface area contributed by atoms with Crippen molar-refractivity contribution in [2.45, 2.75) is 26.8 Å². The zero-order chi connectivity index (χ0) is 13.8. The predicted octanol–water partition coefficient (Wildman–Crippen LogP) is 2.73. The molecule has 1 aromatic heterocycles. The number of aryl methyl sites for hydroxylation is 2. The summed E-state index contributed by atoms with van der Waals surface area (Å²) in [6.07, 6.45) is 0. The fraction of sp³-hybridized carbons (Fsp3) is 0.286. The van der Waals surface area contributed by atoms with Gasteiger partial charge in [0, 0.05) is 11.8 Å². The molecule has 0 aliphatic heterocycles. The Kier molecular flexibility index (Phi) is 3.85. The van der Waals surface area contributed by atoms with Gasteiger partial charge in [-0.15, -0.1) is 0 Å². The lowest BCUT2D eigenvalue weighted by atomic mass is 10.2. The molecule has 1 atom stereocenters. The summed E-state index contributed by atoms with van der Waals surface area (Å²) in [5.41, 5.74) is 2.82. The van der Waals surface area contributed by atoms with Gasteiger partial charge in [0.05, 0.1) is 5.69 Å². The van der Waals surface area contributed by atoms with Gasteiger partial charge in [0.25, 0.3) is 0 Å². The Balaban J connectivity index is 1.94. The molecule has 5 nitrogen and oxygen atoms in total. The van der Waals surface area contributed by atoms with E-state index in [9.17, 15) is 4.79 Å². The summed E-state index contributed by atoms with van der Waals surface area (Å²) >= 11 is 0. The highest BCUT2D eigenvalue weighted by Gasteiger charge is 2.14. The number of amides is 1. The van der Waals surface area contributed by atoms with E-state index in [4.69, 9.17) is 4.52 Å². The van der Waals surface area contributed by atoms with E-state index in [1.165, 1.54) is 5.56 Å². The second-order valence-electron chi connectivity index (χ2n) is 4.55. The van der Waals surface area contributed by atoms with E-state index in [-0.39, 0.29) is 11.9 Å². The van der Waals surface area contributed by atoms with Gasteiger partial charge in [-0.05, 0) is 32.9 Å². The lowest BCUT2D eigenvalue weighted by molar-refractivity contribution is -0.116. The van der Waals surface area contributed by atoms with E-state index in [0.29, 0.717) is 5.88 Å². The Morgan fingerprint density at radius 1 is 1.26 bits per heavy atom. The Morgan fingerprint density at radius 3 is 2.53 bits per heavy atom. The molecule has 2 rings (SSSR count). The number of benzene rings is 1. The molecular formula is C14H17N3O2. The van der Waals surface area contributed by atoms with Crippen LogP contribution in [0.1, 0.15) is 18.2 Å². The Bertz CT molecular complexity index is 560. The molecule has 2 N–H and O–H groups in total. The molecule has 0 unspecified atom stereocenters. The Morgan fingerprint density at radius 2 is 1.95 bits per heavy atom. The maximum atomic E-state index is 11.9. The van der Waals surface area contributed by atoms with Crippen LogP contribution in [0.15, 0.2) is 34.9 Å². The second kappa shape index (κ2) is 5.56. The number of rotatable bonds is 4. The van der Waals surface area contributed by atoms with Gasteiger partial charge >= 0.3 is 0 Å². The van der Waals surface area contributed by atoms with Crippen molar-refractivity contribution in [3.05, 3.63) is 41.6 Å². The lowest BCUT2D eigenvalue weighted by Crippen LogP contribution is -2.31. The molecule has 0 fully saturated rings. The minimum Gasteiger partial charge on any atom is -0.374 e. The highest BCUT2D eigenvalue weighted by Crippen LogP contribution is 2.12. The van der Waals surface area contributed by atoms with Crippen LogP contribution in [0.2, 0.25) is 0 Å². The number of aromatic nitrogens is 1. The molecule has 0 aliphatic carbocycles. The summed E-state index contributed by atoms with van der Waals surface area (Å²) in [6.45, 7) is 5.61. The van der Waals surface area contributed by atoms with Crippen LogP contribution < -0.4 is 10.6 Å². The van der Waals surface area contributed by atoms with E-state index in [1.807, 2.05) is 31.2 Å². The molecule has 100 valence electrons. The minimum absolute atomic E-state index is 0.170. The third-order valence-electron chi connectivity index (χ3n) is 2.70. The zero-order valence-electron chi connectivity index (χ0n) is 11.2. The van der Waals surface area contributed by atoms with Crippen LogP contribution in [0.25, 0.3) is 0 Å². The molecule has 0 radical (unpaired) electrons. The van der Waals surface area contributed by atoms with Gasteiger partial charge in [-0.25, -0.2) is 0 Å². The van der Waals surface area contributed by atoms with Crippen LogP contribution in [0.4, 0.5) is 11.6 Å². The smallest absolute Gasteiger partial charge is 0.248 e. The van der Waals surface area contributed by atoms with Crippen molar-refractivity contribution in [3.8, 4) is 0 Å². The first-order valence-corrected chi connectivity index (χ1v) is 6.12. The number of carbonyl (C=O) groups is 1. The topological polar surface area (TPSA) is 67.2 Å². The SMILES string of the molecule is Cc1ccc(N[C@@H](C)C(=O)Nc2cc(C)no2)cc1. The molecule has 0 bridgehead atoms. The largest absolute Gasteiger partial charge is 0.374 e. The average Bonchev–Trinajstić information content (AvgIpc) is 2.77. The van der Waals surface area contributed by atoms with E-state index in [2.05, 4.69) is 15.8 Å². The Labute approximate surface area is 112 Å². The normalized spacial score (nSPS) is 11.9. The summed E-state index contributed by atoms with van der Waals surface area (Å²) in [4.78, 5) is 11.9. The predicted molar refractivity (Wildman–Crippen MR) is 74.1 cm³/mol. The van der Waals surface area contributed by atoms with Crippen molar-refractivity contribution in [2.24, 2.45) is 0 Å². The van der Waals surface area contributed by atoms with Crippen molar-refractivity contribution in [2.75, 3.05) is 10.6 Å². The van der Waals surface area contributed by atoms with Gasteiger partial charge < -0.3 is 9.84 Å². The monoisotopic (exact) mass is 259 g/mol. The first kappa shape index (κ1) is 13.1. The number of anilines is 2. The third kappa shape index (κ3) is 3.58. The molecule has 0 saturated carbocycles. The number of nitrogens with zero attached hydrogens (tertiary/aromatic N) is 1.